The summed E-state index contributed by atoms with van der Waals surface area (Å²) in [7, 11) is 3.94. The Labute approximate surface area is 110 Å². The van der Waals surface area contributed by atoms with E-state index in [1.807, 2.05) is 7.05 Å². The van der Waals surface area contributed by atoms with Gasteiger partial charge < -0.3 is 14.8 Å². The largest absolute Gasteiger partial charge is 0.353 e. The first-order chi connectivity index (χ1) is 8.70. The van der Waals surface area contributed by atoms with Crippen molar-refractivity contribution in [2.24, 2.45) is 18.0 Å². The monoisotopic (exact) mass is 248 g/mol. The summed E-state index contributed by atoms with van der Waals surface area (Å²) in [5.41, 5.74) is 1.28. The molecule has 1 unspecified atom stereocenters. The molecule has 1 saturated heterocycles. The number of rotatable bonds is 2. The summed E-state index contributed by atoms with van der Waals surface area (Å²) in [4.78, 5) is 6.77. The van der Waals surface area contributed by atoms with E-state index in [0.29, 0.717) is 0 Å². The lowest BCUT2D eigenvalue weighted by Gasteiger charge is -2.33. The first-order valence-corrected chi connectivity index (χ1v) is 6.76. The third-order valence-electron chi connectivity index (χ3n) is 3.65. The Bertz CT molecular complexity index is 408. The molecule has 0 spiro atoms. The smallest absolute Gasteiger partial charge is 0.193 e. The molecule has 0 aromatic carbocycles. The van der Waals surface area contributed by atoms with Gasteiger partial charge in [0.2, 0.25) is 0 Å². The summed E-state index contributed by atoms with van der Waals surface area (Å²) >= 11 is 0. The van der Waals surface area contributed by atoms with Crippen LogP contribution in [0.15, 0.2) is 23.3 Å². The number of hydrogen-bond acceptors (Lipinski definition) is 1. The molecule has 0 saturated carbocycles. The van der Waals surface area contributed by atoms with Crippen molar-refractivity contribution in [3.8, 4) is 0 Å². The average molecular weight is 248 g/mol. The number of likely N-dealkylation sites (tertiary alicyclic amines) is 1. The zero-order valence-electron chi connectivity index (χ0n) is 11.7. The van der Waals surface area contributed by atoms with Crippen LogP contribution in [0, 0.1) is 5.92 Å². The maximum atomic E-state index is 4.40. The topological polar surface area (TPSA) is 32.6 Å². The molecule has 0 bridgehead atoms. The van der Waals surface area contributed by atoms with Crippen molar-refractivity contribution in [1.82, 2.24) is 14.8 Å². The molecule has 1 fully saturated rings. The van der Waals surface area contributed by atoms with Crippen molar-refractivity contribution in [1.29, 1.82) is 0 Å². The normalized spacial score (nSPS) is 21.2. The average Bonchev–Trinajstić information content (AvgIpc) is 2.76. The molecule has 100 valence electrons. The molecule has 1 aliphatic heterocycles. The number of nitrogens with zero attached hydrogens (tertiary/aromatic N) is 3. The number of piperidine rings is 1. The highest BCUT2D eigenvalue weighted by atomic mass is 15.3. The minimum atomic E-state index is 0.771. The maximum Gasteiger partial charge on any atom is 0.193 e. The van der Waals surface area contributed by atoms with Crippen LogP contribution in [0.4, 0.5) is 0 Å². The summed E-state index contributed by atoms with van der Waals surface area (Å²) in [5, 5.41) is 3.46. The van der Waals surface area contributed by atoms with Crippen LogP contribution < -0.4 is 5.32 Å². The van der Waals surface area contributed by atoms with Gasteiger partial charge in [0.25, 0.3) is 0 Å². The maximum absolute atomic E-state index is 4.40. The minimum Gasteiger partial charge on any atom is -0.353 e. The third kappa shape index (κ3) is 3.06. The van der Waals surface area contributed by atoms with E-state index in [1.54, 1.807) is 0 Å². The zero-order chi connectivity index (χ0) is 13.0. The lowest BCUT2D eigenvalue weighted by atomic mass is 10.0. The Morgan fingerprint density at radius 3 is 3.00 bits per heavy atom. The van der Waals surface area contributed by atoms with Crippen LogP contribution in [0.3, 0.4) is 0 Å². The number of nitrogens with one attached hydrogen (secondary N) is 1. The number of aromatic nitrogens is 1. The van der Waals surface area contributed by atoms with Crippen LogP contribution in [0.25, 0.3) is 0 Å². The van der Waals surface area contributed by atoms with E-state index in [9.17, 15) is 0 Å². The van der Waals surface area contributed by atoms with E-state index in [-0.39, 0.29) is 0 Å². The molecule has 0 amide bonds. The van der Waals surface area contributed by atoms with E-state index >= 15 is 0 Å². The van der Waals surface area contributed by atoms with E-state index in [1.165, 1.54) is 18.5 Å². The van der Waals surface area contributed by atoms with Crippen LogP contribution in [-0.4, -0.2) is 35.6 Å². The molecule has 1 aromatic rings. The molecule has 1 aromatic heterocycles. The van der Waals surface area contributed by atoms with Crippen LogP contribution >= 0.6 is 0 Å². The van der Waals surface area contributed by atoms with Crippen molar-refractivity contribution < 1.29 is 0 Å². The fourth-order valence-electron chi connectivity index (χ4n) is 2.56. The Morgan fingerprint density at radius 1 is 1.56 bits per heavy atom. The van der Waals surface area contributed by atoms with Gasteiger partial charge in [-0.2, -0.15) is 0 Å². The quantitative estimate of drug-likeness (QED) is 0.640. The molecule has 4 heteroatoms. The molecule has 1 atom stereocenters. The van der Waals surface area contributed by atoms with Crippen LogP contribution in [-0.2, 0) is 13.6 Å². The number of aliphatic imine (C=N–C) groups is 1. The van der Waals surface area contributed by atoms with Gasteiger partial charge >= 0.3 is 0 Å². The van der Waals surface area contributed by atoms with Gasteiger partial charge in [-0.1, -0.05) is 6.92 Å². The first-order valence-electron chi connectivity index (χ1n) is 6.76. The Kier molecular flexibility index (Phi) is 4.28. The third-order valence-corrected chi connectivity index (χ3v) is 3.65. The number of guanidine groups is 1. The summed E-state index contributed by atoms with van der Waals surface area (Å²) in [6.07, 6.45) is 4.68. The Balaban J connectivity index is 1.92. The second kappa shape index (κ2) is 5.94. The molecule has 1 N–H and O–H groups in total. The molecule has 4 nitrogen and oxygen atoms in total. The van der Waals surface area contributed by atoms with Crippen molar-refractivity contribution in [2.45, 2.75) is 26.3 Å². The molecular weight excluding hydrogens is 224 g/mol. The number of hydrogen-bond donors (Lipinski definition) is 1. The van der Waals surface area contributed by atoms with E-state index in [2.05, 4.69) is 52.1 Å². The second-order valence-electron chi connectivity index (χ2n) is 5.20. The molecular formula is C14H24N4. The summed E-state index contributed by atoms with van der Waals surface area (Å²) in [6.45, 7) is 5.39. The fourth-order valence-corrected chi connectivity index (χ4v) is 2.56. The first kappa shape index (κ1) is 13.0. The molecule has 18 heavy (non-hydrogen) atoms. The van der Waals surface area contributed by atoms with Crippen LogP contribution in [0.2, 0.25) is 0 Å². The summed E-state index contributed by atoms with van der Waals surface area (Å²) < 4.78 is 2.14. The minimum absolute atomic E-state index is 0.771. The highest BCUT2D eigenvalue weighted by Crippen LogP contribution is 2.15. The fraction of sp³-hybridized carbons (Fsp3) is 0.643. The predicted octanol–water partition coefficient (Wildman–Crippen LogP) is 1.83. The molecule has 0 radical (unpaired) electrons. The lowest BCUT2D eigenvalue weighted by Crippen LogP contribution is -2.46. The van der Waals surface area contributed by atoms with Gasteiger partial charge in [-0.3, -0.25) is 4.99 Å². The predicted molar refractivity (Wildman–Crippen MR) is 75.6 cm³/mol. The van der Waals surface area contributed by atoms with Crippen molar-refractivity contribution in [3.05, 3.63) is 24.0 Å². The Hall–Kier alpha value is -1.45. The molecule has 1 aliphatic rings. The van der Waals surface area contributed by atoms with Crippen molar-refractivity contribution in [2.75, 3.05) is 20.1 Å². The zero-order valence-corrected chi connectivity index (χ0v) is 11.7. The molecule has 0 aliphatic carbocycles. The van der Waals surface area contributed by atoms with Crippen molar-refractivity contribution >= 4 is 5.96 Å². The highest BCUT2D eigenvalue weighted by molar-refractivity contribution is 5.79. The summed E-state index contributed by atoms with van der Waals surface area (Å²) in [5.74, 6) is 1.80. The van der Waals surface area contributed by atoms with Crippen LogP contribution in [0.5, 0.6) is 0 Å². The molecule has 2 heterocycles. The van der Waals surface area contributed by atoms with Gasteiger partial charge in [0.05, 0.1) is 6.54 Å². The van der Waals surface area contributed by atoms with E-state index in [4.69, 9.17) is 0 Å². The highest BCUT2D eigenvalue weighted by Gasteiger charge is 2.18. The number of aryl methyl sites for hydroxylation is 1. The lowest BCUT2D eigenvalue weighted by molar-refractivity contribution is 0.266. The van der Waals surface area contributed by atoms with E-state index in [0.717, 1.165) is 31.5 Å². The van der Waals surface area contributed by atoms with Gasteiger partial charge in [-0.25, -0.2) is 0 Å². The van der Waals surface area contributed by atoms with Gasteiger partial charge in [0.1, 0.15) is 0 Å². The standard InChI is InChI=1S/C14H24N4/c1-12-6-4-9-18(11-12)14(15-2)16-10-13-7-5-8-17(13)3/h5,7-8,12H,4,6,9-11H2,1-3H3,(H,15,16). The SMILES string of the molecule is CN=C(NCc1cccn1C)N1CCCC(C)C1. The Morgan fingerprint density at radius 2 is 2.39 bits per heavy atom. The van der Waals surface area contributed by atoms with Gasteiger partial charge in [0.15, 0.2) is 5.96 Å². The van der Waals surface area contributed by atoms with Gasteiger partial charge in [0, 0.05) is 39.1 Å². The van der Waals surface area contributed by atoms with Crippen LogP contribution in [0.1, 0.15) is 25.5 Å². The molecule has 2 rings (SSSR count). The van der Waals surface area contributed by atoms with E-state index < -0.39 is 0 Å². The summed E-state index contributed by atoms with van der Waals surface area (Å²) in [6, 6.07) is 4.21. The second-order valence-corrected chi connectivity index (χ2v) is 5.20. The van der Waals surface area contributed by atoms with Gasteiger partial charge in [-0.15, -0.1) is 0 Å². The van der Waals surface area contributed by atoms with Gasteiger partial charge in [-0.05, 0) is 30.9 Å². The van der Waals surface area contributed by atoms with Crippen molar-refractivity contribution in [3.63, 3.8) is 0 Å².